The summed E-state index contributed by atoms with van der Waals surface area (Å²) in [6.07, 6.45) is 2.85. The van der Waals surface area contributed by atoms with Gasteiger partial charge < -0.3 is 14.7 Å². The van der Waals surface area contributed by atoms with E-state index in [4.69, 9.17) is 16.3 Å². The van der Waals surface area contributed by atoms with Gasteiger partial charge >= 0.3 is 6.09 Å². The highest BCUT2D eigenvalue weighted by atomic mass is 35.5. The van der Waals surface area contributed by atoms with Gasteiger partial charge in [-0.05, 0) is 50.8 Å². The molecule has 1 aliphatic heterocycles. The van der Waals surface area contributed by atoms with Crippen LogP contribution < -0.4 is 0 Å². The highest BCUT2D eigenvalue weighted by Gasteiger charge is 2.50. The third kappa shape index (κ3) is 3.38. The normalized spacial score (nSPS) is 28.7. The molecule has 1 aliphatic carbocycles. The van der Waals surface area contributed by atoms with Gasteiger partial charge in [0.05, 0.1) is 6.61 Å². The van der Waals surface area contributed by atoms with Crippen molar-refractivity contribution in [3.8, 4) is 11.8 Å². The number of ether oxygens (including phenoxy) is 1. The predicted octanol–water partition coefficient (Wildman–Crippen LogP) is 3.45. The molecule has 1 saturated heterocycles. The molecule has 3 rings (SSSR count). The summed E-state index contributed by atoms with van der Waals surface area (Å²) in [7, 11) is 0. The average molecular weight is 348 g/mol. The summed E-state index contributed by atoms with van der Waals surface area (Å²) in [6.45, 7) is 2.79. The first-order valence-corrected chi connectivity index (χ1v) is 8.86. The van der Waals surface area contributed by atoms with Crippen LogP contribution in [0.1, 0.15) is 38.2 Å². The van der Waals surface area contributed by atoms with Gasteiger partial charge in [0.1, 0.15) is 5.60 Å². The standard InChI is InChI=1S/C19H22ClNO3/c1-2-24-18(22)21-12-9-16-17(21)7-4-10-19(16,23)11-8-14-5-3-6-15(20)13-14/h3,5-6,13,16-17,23H,2,4,7,9-10,12H2,1H3. The molecule has 1 aromatic rings. The maximum Gasteiger partial charge on any atom is 0.410 e. The van der Waals surface area contributed by atoms with Gasteiger partial charge in [-0.1, -0.05) is 29.5 Å². The molecular formula is C19H22ClNO3. The molecule has 3 atom stereocenters. The van der Waals surface area contributed by atoms with E-state index in [0.29, 0.717) is 24.6 Å². The first-order chi connectivity index (χ1) is 11.5. The summed E-state index contributed by atoms with van der Waals surface area (Å²) in [5, 5.41) is 11.7. The van der Waals surface area contributed by atoms with E-state index in [0.717, 1.165) is 24.8 Å². The molecule has 3 unspecified atom stereocenters. The van der Waals surface area contributed by atoms with Crippen molar-refractivity contribution in [3.63, 3.8) is 0 Å². The second-order valence-corrected chi connectivity index (χ2v) is 6.87. The summed E-state index contributed by atoms with van der Waals surface area (Å²) in [5.41, 5.74) is -0.273. The number of amides is 1. The number of carbonyl (C=O) groups excluding carboxylic acids is 1. The van der Waals surface area contributed by atoms with Crippen LogP contribution in [0.25, 0.3) is 0 Å². The number of halogens is 1. The minimum absolute atomic E-state index is 0.0106. The molecular weight excluding hydrogens is 326 g/mol. The molecule has 0 radical (unpaired) electrons. The van der Waals surface area contributed by atoms with E-state index in [1.54, 1.807) is 24.0 Å². The van der Waals surface area contributed by atoms with E-state index in [2.05, 4.69) is 11.8 Å². The zero-order valence-corrected chi connectivity index (χ0v) is 14.6. The van der Waals surface area contributed by atoms with Crippen LogP contribution in [0.4, 0.5) is 4.79 Å². The third-order valence-corrected chi connectivity index (χ3v) is 5.20. The smallest absolute Gasteiger partial charge is 0.410 e. The van der Waals surface area contributed by atoms with Crippen molar-refractivity contribution in [1.29, 1.82) is 0 Å². The topological polar surface area (TPSA) is 49.8 Å². The van der Waals surface area contributed by atoms with E-state index < -0.39 is 5.60 Å². The lowest BCUT2D eigenvalue weighted by molar-refractivity contribution is -0.0145. The van der Waals surface area contributed by atoms with Crippen LogP contribution in [0.5, 0.6) is 0 Å². The van der Waals surface area contributed by atoms with Crippen LogP contribution in [-0.2, 0) is 4.74 Å². The van der Waals surface area contributed by atoms with Crippen molar-refractivity contribution in [1.82, 2.24) is 4.90 Å². The monoisotopic (exact) mass is 347 g/mol. The Morgan fingerprint density at radius 1 is 1.50 bits per heavy atom. The van der Waals surface area contributed by atoms with Crippen LogP contribution in [0.3, 0.4) is 0 Å². The van der Waals surface area contributed by atoms with Crippen LogP contribution >= 0.6 is 11.6 Å². The quantitative estimate of drug-likeness (QED) is 0.791. The zero-order chi connectivity index (χ0) is 17.2. The number of rotatable bonds is 1. The number of hydrogen-bond donors (Lipinski definition) is 1. The lowest BCUT2D eigenvalue weighted by Gasteiger charge is -2.39. The van der Waals surface area contributed by atoms with E-state index in [1.807, 2.05) is 12.1 Å². The van der Waals surface area contributed by atoms with E-state index in [9.17, 15) is 9.90 Å². The summed E-state index contributed by atoms with van der Waals surface area (Å²) in [4.78, 5) is 13.9. The minimum Gasteiger partial charge on any atom is -0.450 e. The van der Waals surface area contributed by atoms with Gasteiger partial charge in [0.25, 0.3) is 0 Å². The Bertz CT molecular complexity index is 681. The van der Waals surface area contributed by atoms with Gasteiger partial charge in [-0.25, -0.2) is 4.79 Å². The first kappa shape index (κ1) is 17.1. The Morgan fingerprint density at radius 3 is 3.08 bits per heavy atom. The summed E-state index contributed by atoms with van der Waals surface area (Å²) >= 11 is 5.99. The highest BCUT2D eigenvalue weighted by Crippen LogP contribution is 2.42. The van der Waals surface area contributed by atoms with Crippen molar-refractivity contribution in [2.24, 2.45) is 5.92 Å². The Morgan fingerprint density at radius 2 is 2.33 bits per heavy atom. The molecule has 2 fully saturated rings. The zero-order valence-electron chi connectivity index (χ0n) is 13.8. The fraction of sp³-hybridized carbons (Fsp3) is 0.526. The van der Waals surface area contributed by atoms with Gasteiger partial charge in [-0.15, -0.1) is 0 Å². The first-order valence-electron chi connectivity index (χ1n) is 8.48. The fourth-order valence-electron chi connectivity index (χ4n) is 3.87. The average Bonchev–Trinajstić information content (AvgIpc) is 2.99. The molecule has 4 nitrogen and oxygen atoms in total. The molecule has 5 heteroatoms. The number of nitrogens with zero attached hydrogens (tertiary/aromatic N) is 1. The Kier molecular flexibility index (Phi) is 5.03. The fourth-order valence-corrected chi connectivity index (χ4v) is 4.06. The molecule has 1 N–H and O–H groups in total. The largest absolute Gasteiger partial charge is 0.450 e. The van der Waals surface area contributed by atoms with Gasteiger partial charge in [0, 0.05) is 29.1 Å². The van der Waals surface area contributed by atoms with E-state index in [-0.39, 0.29) is 18.1 Å². The number of fused-ring (bicyclic) bond motifs is 1. The lowest BCUT2D eigenvalue weighted by Crippen LogP contribution is -2.49. The van der Waals surface area contributed by atoms with Crippen molar-refractivity contribution in [2.75, 3.05) is 13.2 Å². The third-order valence-electron chi connectivity index (χ3n) is 4.97. The molecule has 1 aromatic carbocycles. The summed E-state index contributed by atoms with van der Waals surface area (Å²) < 4.78 is 5.14. The second kappa shape index (κ2) is 7.04. The van der Waals surface area contributed by atoms with Crippen LogP contribution in [0.15, 0.2) is 24.3 Å². The molecule has 128 valence electrons. The van der Waals surface area contributed by atoms with Gasteiger partial charge in [-0.3, -0.25) is 0 Å². The number of hydrogen-bond acceptors (Lipinski definition) is 3. The van der Waals surface area contributed by atoms with Crippen LogP contribution in [0, 0.1) is 17.8 Å². The molecule has 2 aliphatic rings. The predicted molar refractivity (Wildman–Crippen MR) is 92.8 cm³/mol. The number of likely N-dealkylation sites (tertiary alicyclic amines) is 1. The molecule has 1 heterocycles. The number of benzene rings is 1. The maximum absolute atomic E-state index is 12.1. The molecule has 0 aromatic heterocycles. The van der Waals surface area contributed by atoms with Crippen molar-refractivity contribution >= 4 is 17.7 Å². The summed E-state index contributed by atoms with van der Waals surface area (Å²) in [6, 6.07) is 7.32. The summed E-state index contributed by atoms with van der Waals surface area (Å²) in [5.74, 6) is 6.11. The van der Waals surface area contributed by atoms with E-state index in [1.165, 1.54) is 0 Å². The molecule has 24 heavy (non-hydrogen) atoms. The van der Waals surface area contributed by atoms with Gasteiger partial charge in [-0.2, -0.15) is 0 Å². The molecule has 0 spiro atoms. The minimum atomic E-state index is -1.06. The van der Waals surface area contributed by atoms with Gasteiger partial charge in [0.2, 0.25) is 0 Å². The van der Waals surface area contributed by atoms with Crippen molar-refractivity contribution in [2.45, 2.75) is 44.2 Å². The maximum atomic E-state index is 12.1. The number of carbonyl (C=O) groups is 1. The van der Waals surface area contributed by atoms with Crippen molar-refractivity contribution < 1.29 is 14.6 Å². The Balaban J connectivity index is 1.80. The van der Waals surface area contributed by atoms with Crippen LogP contribution in [-0.4, -0.2) is 40.9 Å². The SMILES string of the molecule is CCOC(=O)N1CCC2C1CCCC2(O)C#Cc1cccc(Cl)c1. The van der Waals surface area contributed by atoms with Gasteiger partial charge in [0.15, 0.2) is 0 Å². The van der Waals surface area contributed by atoms with Crippen LogP contribution in [0.2, 0.25) is 5.02 Å². The molecule has 1 amide bonds. The van der Waals surface area contributed by atoms with Crippen molar-refractivity contribution in [3.05, 3.63) is 34.9 Å². The highest BCUT2D eigenvalue weighted by molar-refractivity contribution is 6.30. The second-order valence-electron chi connectivity index (χ2n) is 6.43. The number of aliphatic hydroxyl groups is 1. The molecule has 0 bridgehead atoms. The Hall–Kier alpha value is -1.70. The Labute approximate surface area is 147 Å². The van der Waals surface area contributed by atoms with E-state index >= 15 is 0 Å². The molecule has 1 saturated carbocycles. The lowest BCUT2D eigenvalue weighted by atomic mass is 9.73.